The first-order valence-corrected chi connectivity index (χ1v) is 6.58. The Kier molecular flexibility index (Phi) is 4.48. The van der Waals surface area contributed by atoms with Gasteiger partial charge in [0.05, 0.1) is 11.4 Å². The van der Waals surface area contributed by atoms with E-state index in [0.29, 0.717) is 22.9 Å². The summed E-state index contributed by atoms with van der Waals surface area (Å²) in [6.45, 7) is 2.37. The smallest absolute Gasteiger partial charge is 0.319 e. The molecule has 0 aromatic heterocycles. The van der Waals surface area contributed by atoms with Gasteiger partial charge in [0.2, 0.25) is 0 Å². The van der Waals surface area contributed by atoms with Crippen LogP contribution in [-0.2, 0) is 6.54 Å². The largest absolute Gasteiger partial charge is 0.397 e. The van der Waals surface area contributed by atoms with Gasteiger partial charge in [-0.05, 0) is 42.3 Å². The Hall–Kier alpha value is -2.20. The molecule has 0 saturated carbocycles. The number of nitrogens with two attached hydrogens (primary N) is 1. The number of urea groups is 1. The van der Waals surface area contributed by atoms with Gasteiger partial charge in [0.1, 0.15) is 0 Å². The molecule has 2 amide bonds. The van der Waals surface area contributed by atoms with Crippen LogP contribution >= 0.6 is 11.6 Å². The minimum absolute atomic E-state index is 0.296. The van der Waals surface area contributed by atoms with Crippen LogP contribution in [0.5, 0.6) is 0 Å². The van der Waals surface area contributed by atoms with Crippen molar-refractivity contribution in [3.8, 4) is 0 Å². The van der Waals surface area contributed by atoms with Gasteiger partial charge in [-0.1, -0.05) is 29.8 Å². The molecule has 104 valence electrons. The van der Waals surface area contributed by atoms with Gasteiger partial charge in [-0.15, -0.1) is 0 Å². The first-order valence-electron chi connectivity index (χ1n) is 6.20. The van der Waals surface area contributed by atoms with Gasteiger partial charge < -0.3 is 16.4 Å². The predicted molar refractivity (Wildman–Crippen MR) is 82.9 cm³/mol. The standard InChI is InChI=1S/C15H16ClN3O/c1-10-2-7-14(13(17)8-10)19-15(20)18-9-11-3-5-12(16)6-4-11/h2-8H,9,17H2,1H3,(H2,18,19,20). The van der Waals surface area contributed by atoms with E-state index >= 15 is 0 Å². The lowest BCUT2D eigenvalue weighted by molar-refractivity contribution is 0.252. The Morgan fingerprint density at radius 1 is 1.20 bits per heavy atom. The zero-order valence-corrected chi connectivity index (χ0v) is 11.9. The van der Waals surface area contributed by atoms with E-state index in [-0.39, 0.29) is 6.03 Å². The van der Waals surface area contributed by atoms with Crippen molar-refractivity contribution in [1.29, 1.82) is 0 Å². The van der Waals surface area contributed by atoms with Crippen molar-refractivity contribution in [3.05, 3.63) is 58.6 Å². The molecule has 0 aliphatic carbocycles. The molecule has 2 rings (SSSR count). The molecule has 0 saturated heterocycles. The Labute approximate surface area is 122 Å². The number of carbonyl (C=O) groups is 1. The maximum atomic E-state index is 11.8. The zero-order valence-electron chi connectivity index (χ0n) is 11.1. The Bertz CT molecular complexity index is 611. The van der Waals surface area contributed by atoms with E-state index in [1.165, 1.54) is 0 Å². The molecule has 20 heavy (non-hydrogen) atoms. The maximum Gasteiger partial charge on any atom is 0.319 e. The number of halogens is 1. The van der Waals surface area contributed by atoms with Crippen LogP contribution in [0.4, 0.5) is 16.2 Å². The number of rotatable bonds is 3. The fraction of sp³-hybridized carbons (Fsp3) is 0.133. The second-order valence-electron chi connectivity index (χ2n) is 4.52. The van der Waals surface area contributed by atoms with E-state index in [4.69, 9.17) is 17.3 Å². The van der Waals surface area contributed by atoms with Gasteiger partial charge in [0, 0.05) is 11.6 Å². The zero-order chi connectivity index (χ0) is 14.5. The predicted octanol–water partition coefficient (Wildman–Crippen LogP) is 3.55. The van der Waals surface area contributed by atoms with E-state index in [0.717, 1.165) is 11.1 Å². The van der Waals surface area contributed by atoms with Crippen molar-refractivity contribution in [2.45, 2.75) is 13.5 Å². The quantitative estimate of drug-likeness (QED) is 0.756. The van der Waals surface area contributed by atoms with Gasteiger partial charge in [-0.25, -0.2) is 4.79 Å². The molecule has 4 N–H and O–H groups in total. The number of benzene rings is 2. The van der Waals surface area contributed by atoms with Gasteiger partial charge in [0.15, 0.2) is 0 Å². The first-order chi connectivity index (χ1) is 9.54. The van der Waals surface area contributed by atoms with Gasteiger partial charge >= 0.3 is 6.03 Å². The molecule has 0 bridgehead atoms. The molecule has 0 fully saturated rings. The van der Waals surface area contributed by atoms with Crippen LogP contribution in [0.15, 0.2) is 42.5 Å². The number of nitrogen functional groups attached to an aromatic ring is 1. The highest BCUT2D eigenvalue weighted by Gasteiger charge is 2.04. The summed E-state index contributed by atoms with van der Waals surface area (Å²) in [6.07, 6.45) is 0. The lowest BCUT2D eigenvalue weighted by Gasteiger charge is -2.10. The Balaban J connectivity index is 1.90. The molecule has 5 heteroatoms. The minimum atomic E-state index is -0.296. The number of anilines is 2. The Morgan fingerprint density at radius 3 is 2.55 bits per heavy atom. The van der Waals surface area contributed by atoms with Crippen LogP contribution in [0.2, 0.25) is 5.02 Å². The topological polar surface area (TPSA) is 67.2 Å². The van der Waals surface area contributed by atoms with Crippen molar-refractivity contribution >= 4 is 29.0 Å². The van der Waals surface area contributed by atoms with E-state index in [1.54, 1.807) is 18.2 Å². The van der Waals surface area contributed by atoms with Crippen LogP contribution in [0.3, 0.4) is 0 Å². The normalized spacial score (nSPS) is 10.1. The number of carbonyl (C=O) groups excluding carboxylic acids is 1. The molecule has 0 spiro atoms. The monoisotopic (exact) mass is 289 g/mol. The molecule has 0 atom stereocenters. The van der Waals surface area contributed by atoms with Crippen LogP contribution in [0.25, 0.3) is 0 Å². The summed E-state index contributed by atoms with van der Waals surface area (Å²) < 4.78 is 0. The molecule has 0 aliphatic rings. The molecule has 4 nitrogen and oxygen atoms in total. The van der Waals surface area contributed by atoms with Gasteiger partial charge in [0.25, 0.3) is 0 Å². The molecule has 0 unspecified atom stereocenters. The van der Waals surface area contributed by atoms with Crippen molar-refractivity contribution in [2.75, 3.05) is 11.1 Å². The molecule has 2 aromatic carbocycles. The highest BCUT2D eigenvalue weighted by molar-refractivity contribution is 6.30. The average Bonchev–Trinajstić information content (AvgIpc) is 2.41. The number of hydrogen-bond donors (Lipinski definition) is 3. The average molecular weight is 290 g/mol. The van der Waals surface area contributed by atoms with Crippen LogP contribution in [0, 0.1) is 6.92 Å². The van der Waals surface area contributed by atoms with Crippen LogP contribution in [0.1, 0.15) is 11.1 Å². The van der Waals surface area contributed by atoms with Crippen LogP contribution in [-0.4, -0.2) is 6.03 Å². The Morgan fingerprint density at radius 2 is 1.90 bits per heavy atom. The lowest BCUT2D eigenvalue weighted by atomic mass is 10.2. The van der Waals surface area contributed by atoms with Gasteiger partial charge in [-0.3, -0.25) is 0 Å². The molecule has 0 heterocycles. The highest BCUT2D eigenvalue weighted by Crippen LogP contribution is 2.19. The fourth-order valence-corrected chi connectivity index (χ4v) is 1.87. The number of amides is 2. The molecular formula is C15H16ClN3O. The van der Waals surface area contributed by atoms with E-state index in [1.807, 2.05) is 31.2 Å². The summed E-state index contributed by atoms with van der Waals surface area (Å²) in [5, 5.41) is 6.15. The third-order valence-corrected chi connectivity index (χ3v) is 3.07. The summed E-state index contributed by atoms with van der Waals surface area (Å²) >= 11 is 5.80. The number of aryl methyl sites for hydroxylation is 1. The summed E-state index contributed by atoms with van der Waals surface area (Å²) in [4.78, 5) is 11.8. The van der Waals surface area contributed by atoms with Crippen molar-refractivity contribution < 1.29 is 4.79 Å². The second-order valence-corrected chi connectivity index (χ2v) is 4.96. The highest BCUT2D eigenvalue weighted by atomic mass is 35.5. The lowest BCUT2D eigenvalue weighted by Crippen LogP contribution is -2.28. The first kappa shape index (κ1) is 14.2. The van der Waals surface area contributed by atoms with Crippen LogP contribution < -0.4 is 16.4 Å². The summed E-state index contributed by atoms with van der Waals surface area (Å²) in [5.74, 6) is 0. The number of hydrogen-bond acceptors (Lipinski definition) is 2. The summed E-state index contributed by atoms with van der Waals surface area (Å²) in [6, 6.07) is 12.5. The molecular weight excluding hydrogens is 274 g/mol. The molecule has 2 aromatic rings. The third-order valence-electron chi connectivity index (χ3n) is 2.82. The fourth-order valence-electron chi connectivity index (χ4n) is 1.75. The van der Waals surface area contributed by atoms with Gasteiger partial charge in [-0.2, -0.15) is 0 Å². The summed E-state index contributed by atoms with van der Waals surface area (Å²) in [5.41, 5.74) is 9.01. The minimum Gasteiger partial charge on any atom is -0.397 e. The SMILES string of the molecule is Cc1ccc(NC(=O)NCc2ccc(Cl)cc2)c(N)c1. The molecule has 0 radical (unpaired) electrons. The second kappa shape index (κ2) is 6.30. The van der Waals surface area contributed by atoms with Crippen molar-refractivity contribution in [2.24, 2.45) is 0 Å². The van der Waals surface area contributed by atoms with E-state index < -0.39 is 0 Å². The molecule has 0 aliphatic heterocycles. The maximum absolute atomic E-state index is 11.8. The van der Waals surface area contributed by atoms with Crippen molar-refractivity contribution in [1.82, 2.24) is 5.32 Å². The van der Waals surface area contributed by atoms with E-state index in [2.05, 4.69) is 10.6 Å². The third kappa shape index (κ3) is 3.90. The van der Waals surface area contributed by atoms with Crippen molar-refractivity contribution in [3.63, 3.8) is 0 Å². The number of nitrogens with one attached hydrogen (secondary N) is 2. The van der Waals surface area contributed by atoms with E-state index in [9.17, 15) is 4.79 Å². The summed E-state index contributed by atoms with van der Waals surface area (Å²) in [7, 11) is 0.